The molecule has 0 aliphatic carbocycles. The van der Waals surface area contributed by atoms with Gasteiger partial charge < -0.3 is 19.3 Å². The number of hydrogen-bond donors (Lipinski definition) is 0. The maximum atomic E-state index is 13.1. The second-order valence-corrected chi connectivity index (χ2v) is 8.55. The summed E-state index contributed by atoms with van der Waals surface area (Å²) in [7, 11) is 0. The van der Waals surface area contributed by atoms with Crippen LogP contribution in [-0.2, 0) is 11.3 Å². The minimum atomic E-state index is -0.0984. The third kappa shape index (κ3) is 5.22. The van der Waals surface area contributed by atoms with Gasteiger partial charge in [-0.25, -0.2) is 0 Å². The number of benzene rings is 2. The molecule has 0 N–H and O–H groups in total. The smallest absolute Gasteiger partial charge is 0.254 e. The molecule has 32 heavy (non-hydrogen) atoms. The minimum Gasteiger partial charge on any atom is -0.454 e. The van der Waals surface area contributed by atoms with Crippen LogP contribution >= 0.6 is 0 Å². The zero-order valence-electron chi connectivity index (χ0n) is 18.8. The van der Waals surface area contributed by atoms with Crippen molar-refractivity contribution in [1.29, 1.82) is 0 Å². The van der Waals surface area contributed by atoms with E-state index in [-0.39, 0.29) is 24.6 Å². The highest BCUT2D eigenvalue weighted by Gasteiger charge is 2.25. The van der Waals surface area contributed by atoms with E-state index in [1.165, 1.54) is 5.56 Å². The van der Waals surface area contributed by atoms with Gasteiger partial charge in [-0.15, -0.1) is 0 Å². The maximum Gasteiger partial charge on any atom is 0.254 e. The molecule has 7 nitrogen and oxygen atoms in total. The van der Waals surface area contributed by atoms with Crippen LogP contribution in [-0.4, -0.2) is 72.1 Å². The molecule has 2 aromatic rings. The first kappa shape index (κ1) is 22.1. The molecule has 170 valence electrons. The fourth-order valence-electron chi connectivity index (χ4n) is 4.16. The molecule has 1 fully saturated rings. The van der Waals surface area contributed by atoms with Gasteiger partial charge in [0.15, 0.2) is 11.5 Å². The van der Waals surface area contributed by atoms with E-state index < -0.39 is 0 Å². The normalized spacial score (nSPS) is 15.8. The van der Waals surface area contributed by atoms with Crippen molar-refractivity contribution in [3.8, 4) is 11.5 Å². The Hall–Kier alpha value is -3.06. The summed E-state index contributed by atoms with van der Waals surface area (Å²) < 4.78 is 10.7. The van der Waals surface area contributed by atoms with Crippen LogP contribution in [0.3, 0.4) is 0 Å². The standard InChI is InChI=1S/C25H31N3O4/c1-19(2)28(25(30)21-8-9-22-23(16-21)32-18-31-22)11-10-24(29)27-14-12-26(13-15-27)17-20-6-4-3-5-7-20/h3-9,16,19H,10-15,17-18H2,1-2H3. The zero-order valence-corrected chi connectivity index (χ0v) is 18.8. The minimum absolute atomic E-state index is 0.0107. The van der Waals surface area contributed by atoms with Gasteiger partial charge in [-0.2, -0.15) is 0 Å². The molecule has 4 rings (SSSR count). The summed E-state index contributed by atoms with van der Waals surface area (Å²) in [4.78, 5) is 32.0. The Balaban J connectivity index is 1.28. The molecule has 0 spiro atoms. The lowest BCUT2D eigenvalue weighted by Gasteiger charge is -2.35. The Kier molecular flexibility index (Phi) is 6.95. The number of carbonyl (C=O) groups excluding carboxylic acids is 2. The molecule has 0 saturated carbocycles. The Morgan fingerprint density at radius 2 is 1.69 bits per heavy atom. The van der Waals surface area contributed by atoms with Gasteiger partial charge in [0.2, 0.25) is 12.7 Å². The van der Waals surface area contributed by atoms with E-state index >= 15 is 0 Å². The van der Waals surface area contributed by atoms with Gasteiger partial charge in [-0.05, 0) is 37.6 Å². The number of amides is 2. The molecule has 1 saturated heterocycles. The van der Waals surface area contributed by atoms with E-state index in [0.29, 0.717) is 30.0 Å². The van der Waals surface area contributed by atoms with Crippen molar-refractivity contribution < 1.29 is 19.1 Å². The van der Waals surface area contributed by atoms with Gasteiger partial charge in [-0.1, -0.05) is 30.3 Å². The summed E-state index contributed by atoms with van der Waals surface area (Å²) in [6.45, 7) is 8.60. The molecule has 2 aromatic carbocycles. The Labute approximate surface area is 189 Å². The van der Waals surface area contributed by atoms with E-state index in [1.807, 2.05) is 24.8 Å². The number of carbonyl (C=O) groups is 2. The van der Waals surface area contributed by atoms with Gasteiger partial charge in [0.05, 0.1) is 0 Å². The quantitative estimate of drug-likeness (QED) is 0.666. The summed E-state index contributed by atoms with van der Waals surface area (Å²) in [5, 5.41) is 0. The fraction of sp³-hybridized carbons (Fsp3) is 0.440. The van der Waals surface area contributed by atoms with Gasteiger partial charge in [0, 0.05) is 57.3 Å². The van der Waals surface area contributed by atoms with E-state index in [9.17, 15) is 9.59 Å². The second-order valence-electron chi connectivity index (χ2n) is 8.55. The molecular formula is C25H31N3O4. The molecule has 0 unspecified atom stereocenters. The van der Waals surface area contributed by atoms with Crippen molar-refractivity contribution in [3.63, 3.8) is 0 Å². The van der Waals surface area contributed by atoms with Crippen molar-refractivity contribution in [2.75, 3.05) is 39.5 Å². The van der Waals surface area contributed by atoms with Gasteiger partial charge in [0.25, 0.3) is 5.91 Å². The lowest BCUT2D eigenvalue weighted by Crippen LogP contribution is -2.49. The Morgan fingerprint density at radius 3 is 2.41 bits per heavy atom. The zero-order chi connectivity index (χ0) is 22.5. The molecule has 0 atom stereocenters. The van der Waals surface area contributed by atoms with Crippen LogP contribution in [0.5, 0.6) is 11.5 Å². The summed E-state index contributed by atoms with van der Waals surface area (Å²) in [5.74, 6) is 1.25. The third-order valence-corrected chi connectivity index (χ3v) is 6.04. The number of fused-ring (bicyclic) bond motifs is 1. The average Bonchev–Trinajstić information content (AvgIpc) is 3.28. The number of rotatable bonds is 7. The molecule has 2 heterocycles. The Bertz CT molecular complexity index is 939. The average molecular weight is 438 g/mol. The molecule has 2 aliphatic rings. The van der Waals surface area contributed by atoms with Crippen LogP contribution < -0.4 is 9.47 Å². The number of nitrogens with zero attached hydrogens (tertiary/aromatic N) is 3. The van der Waals surface area contributed by atoms with Crippen molar-refractivity contribution in [3.05, 3.63) is 59.7 Å². The van der Waals surface area contributed by atoms with E-state index in [1.54, 1.807) is 23.1 Å². The van der Waals surface area contributed by atoms with Crippen molar-refractivity contribution in [1.82, 2.24) is 14.7 Å². The van der Waals surface area contributed by atoms with E-state index in [2.05, 4.69) is 29.2 Å². The van der Waals surface area contributed by atoms with Crippen LogP contribution in [0.25, 0.3) is 0 Å². The monoisotopic (exact) mass is 437 g/mol. The summed E-state index contributed by atoms with van der Waals surface area (Å²) in [5.41, 5.74) is 1.84. The van der Waals surface area contributed by atoms with Crippen LogP contribution in [0.2, 0.25) is 0 Å². The molecule has 0 bridgehead atoms. The lowest BCUT2D eigenvalue weighted by atomic mass is 10.1. The highest BCUT2D eigenvalue weighted by atomic mass is 16.7. The molecule has 0 aromatic heterocycles. The van der Waals surface area contributed by atoms with Crippen LogP contribution in [0.1, 0.15) is 36.2 Å². The SMILES string of the molecule is CC(C)N(CCC(=O)N1CCN(Cc2ccccc2)CC1)C(=O)c1ccc2c(c1)OCO2. The first-order chi connectivity index (χ1) is 15.5. The molecule has 2 aliphatic heterocycles. The topological polar surface area (TPSA) is 62.3 Å². The van der Waals surface area contributed by atoms with Crippen molar-refractivity contribution >= 4 is 11.8 Å². The first-order valence-corrected chi connectivity index (χ1v) is 11.3. The fourth-order valence-corrected chi connectivity index (χ4v) is 4.16. The van der Waals surface area contributed by atoms with Gasteiger partial charge in [0.1, 0.15) is 0 Å². The van der Waals surface area contributed by atoms with Crippen LogP contribution in [0.4, 0.5) is 0 Å². The Morgan fingerprint density at radius 1 is 0.969 bits per heavy atom. The lowest BCUT2D eigenvalue weighted by molar-refractivity contribution is -0.133. The summed E-state index contributed by atoms with van der Waals surface area (Å²) >= 11 is 0. The van der Waals surface area contributed by atoms with E-state index in [4.69, 9.17) is 9.47 Å². The predicted molar refractivity (Wildman–Crippen MR) is 122 cm³/mol. The predicted octanol–water partition coefficient (Wildman–Crippen LogP) is 3.00. The van der Waals surface area contributed by atoms with E-state index in [0.717, 1.165) is 32.7 Å². The number of ether oxygens (including phenoxy) is 2. The first-order valence-electron chi connectivity index (χ1n) is 11.3. The number of hydrogen-bond acceptors (Lipinski definition) is 5. The molecular weight excluding hydrogens is 406 g/mol. The maximum absolute atomic E-state index is 13.1. The second kappa shape index (κ2) is 10.0. The highest BCUT2D eigenvalue weighted by Crippen LogP contribution is 2.33. The summed E-state index contributed by atoms with van der Waals surface area (Å²) in [6.07, 6.45) is 0.327. The number of piperazine rings is 1. The molecule has 2 amide bonds. The van der Waals surface area contributed by atoms with Crippen molar-refractivity contribution in [2.24, 2.45) is 0 Å². The highest BCUT2D eigenvalue weighted by molar-refractivity contribution is 5.95. The largest absolute Gasteiger partial charge is 0.454 e. The molecule has 7 heteroatoms. The van der Waals surface area contributed by atoms with Gasteiger partial charge >= 0.3 is 0 Å². The third-order valence-electron chi connectivity index (χ3n) is 6.04. The summed E-state index contributed by atoms with van der Waals surface area (Å²) in [6, 6.07) is 15.6. The van der Waals surface area contributed by atoms with Crippen LogP contribution in [0.15, 0.2) is 48.5 Å². The van der Waals surface area contributed by atoms with Crippen molar-refractivity contribution in [2.45, 2.75) is 32.9 Å². The van der Waals surface area contributed by atoms with Gasteiger partial charge in [-0.3, -0.25) is 14.5 Å². The molecule has 0 radical (unpaired) electrons. The van der Waals surface area contributed by atoms with Crippen LogP contribution in [0, 0.1) is 0 Å².